The molecule has 2 rings (SSSR count). The van der Waals surface area contributed by atoms with Gasteiger partial charge in [0, 0.05) is 26.2 Å². The van der Waals surface area contributed by atoms with E-state index in [1.807, 2.05) is 7.05 Å². The molecule has 1 N–H and O–H groups in total. The van der Waals surface area contributed by atoms with Gasteiger partial charge in [-0.25, -0.2) is 0 Å². The van der Waals surface area contributed by atoms with Gasteiger partial charge in [0.2, 0.25) is 5.91 Å². The van der Waals surface area contributed by atoms with E-state index < -0.39 is 0 Å². The van der Waals surface area contributed by atoms with Gasteiger partial charge in [0.1, 0.15) is 0 Å². The third kappa shape index (κ3) is 3.78. The van der Waals surface area contributed by atoms with E-state index in [2.05, 4.69) is 29.0 Å². The number of amides is 1. The minimum absolute atomic E-state index is 0.0967. The molecule has 0 atom stereocenters. The molecule has 122 valence electrons. The van der Waals surface area contributed by atoms with Crippen LogP contribution in [0, 0.1) is 5.41 Å². The zero-order valence-electron chi connectivity index (χ0n) is 14.2. The summed E-state index contributed by atoms with van der Waals surface area (Å²) in [7, 11) is 2.04. The van der Waals surface area contributed by atoms with Crippen LogP contribution in [0.4, 0.5) is 0 Å². The van der Waals surface area contributed by atoms with Crippen molar-refractivity contribution in [3.05, 3.63) is 0 Å². The van der Waals surface area contributed by atoms with E-state index in [4.69, 9.17) is 0 Å². The van der Waals surface area contributed by atoms with Crippen LogP contribution < -0.4 is 5.32 Å². The molecule has 21 heavy (non-hydrogen) atoms. The lowest BCUT2D eigenvalue weighted by atomic mass is 9.75. The van der Waals surface area contributed by atoms with E-state index in [1.54, 1.807) is 0 Å². The molecule has 0 radical (unpaired) electrons. The molecule has 0 aromatic carbocycles. The van der Waals surface area contributed by atoms with Crippen molar-refractivity contribution in [2.75, 3.05) is 39.8 Å². The maximum Gasteiger partial charge on any atom is 0.228 e. The predicted molar refractivity (Wildman–Crippen MR) is 87.4 cm³/mol. The van der Waals surface area contributed by atoms with Crippen LogP contribution in [-0.2, 0) is 4.79 Å². The fraction of sp³-hybridized carbons (Fsp3) is 0.941. The van der Waals surface area contributed by atoms with Crippen LogP contribution in [0.2, 0.25) is 0 Å². The minimum Gasteiger partial charge on any atom is -0.342 e. The zero-order valence-corrected chi connectivity index (χ0v) is 14.2. The number of likely N-dealkylation sites (tertiary alicyclic amines) is 1. The summed E-state index contributed by atoms with van der Waals surface area (Å²) in [5, 5.41) is 3.39. The predicted octanol–water partition coefficient (Wildman–Crippen LogP) is 2.10. The summed E-state index contributed by atoms with van der Waals surface area (Å²) in [5.41, 5.74) is -0.0967. The van der Waals surface area contributed by atoms with Crippen LogP contribution in [0.15, 0.2) is 0 Å². The SMILES string of the molecule is CCCN1CCC(N(C)C(=O)C2(CC)CCNCC2)CC1. The lowest BCUT2D eigenvalue weighted by Gasteiger charge is -2.43. The van der Waals surface area contributed by atoms with E-state index >= 15 is 0 Å². The van der Waals surface area contributed by atoms with E-state index in [-0.39, 0.29) is 5.41 Å². The molecule has 4 heteroatoms. The molecule has 4 nitrogen and oxygen atoms in total. The normalized spacial score (nSPS) is 24.0. The van der Waals surface area contributed by atoms with E-state index in [9.17, 15) is 4.79 Å². The molecule has 0 aromatic heterocycles. The first-order valence-electron chi connectivity index (χ1n) is 8.83. The minimum atomic E-state index is -0.0967. The number of carbonyl (C=O) groups excluding carboxylic acids is 1. The van der Waals surface area contributed by atoms with Crippen LogP contribution in [0.5, 0.6) is 0 Å². The van der Waals surface area contributed by atoms with Crippen molar-refractivity contribution in [3.63, 3.8) is 0 Å². The summed E-state index contributed by atoms with van der Waals surface area (Å²) >= 11 is 0. The van der Waals surface area contributed by atoms with Gasteiger partial charge in [0.05, 0.1) is 5.41 Å². The molecule has 0 aliphatic carbocycles. The van der Waals surface area contributed by atoms with Gasteiger partial charge < -0.3 is 15.1 Å². The van der Waals surface area contributed by atoms with Gasteiger partial charge in [-0.15, -0.1) is 0 Å². The molecule has 2 heterocycles. The fourth-order valence-corrected chi connectivity index (χ4v) is 4.01. The standard InChI is InChI=1S/C17H33N3O/c1-4-12-20-13-6-15(7-14-20)19(3)16(21)17(5-2)8-10-18-11-9-17/h15,18H,4-14H2,1-3H3. The summed E-state index contributed by atoms with van der Waals surface area (Å²) < 4.78 is 0. The molecule has 0 spiro atoms. The highest BCUT2D eigenvalue weighted by molar-refractivity contribution is 5.83. The number of nitrogens with zero attached hydrogens (tertiary/aromatic N) is 2. The van der Waals surface area contributed by atoms with Gasteiger partial charge in [0.15, 0.2) is 0 Å². The average Bonchev–Trinajstić information content (AvgIpc) is 2.55. The maximum absolute atomic E-state index is 13.0. The Morgan fingerprint density at radius 3 is 2.38 bits per heavy atom. The van der Waals surface area contributed by atoms with Gasteiger partial charge in [-0.3, -0.25) is 4.79 Å². The van der Waals surface area contributed by atoms with Gasteiger partial charge in [-0.2, -0.15) is 0 Å². The largest absolute Gasteiger partial charge is 0.342 e. The Bertz CT molecular complexity index is 331. The number of carbonyl (C=O) groups is 1. The van der Waals surface area contributed by atoms with Crippen LogP contribution in [0.25, 0.3) is 0 Å². The van der Waals surface area contributed by atoms with Crippen molar-refractivity contribution in [2.24, 2.45) is 5.41 Å². The average molecular weight is 295 g/mol. The van der Waals surface area contributed by atoms with Gasteiger partial charge in [0.25, 0.3) is 0 Å². The Labute approximate surface area is 130 Å². The lowest BCUT2D eigenvalue weighted by molar-refractivity contribution is -0.146. The topological polar surface area (TPSA) is 35.6 Å². The lowest BCUT2D eigenvalue weighted by Crippen LogP contribution is -2.53. The first kappa shape index (κ1) is 16.8. The third-order valence-corrected chi connectivity index (χ3v) is 5.66. The van der Waals surface area contributed by atoms with E-state index in [0.717, 1.165) is 58.3 Å². The summed E-state index contributed by atoms with van der Waals surface area (Å²) in [6.07, 6.45) is 6.49. The highest BCUT2D eigenvalue weighted by Gasteiger charge is 2.41. The highest BCUT2D eigenvalue weighted by atomic mass is 16.2. The van der Waals surface area contributed by atoms with Crippen LogP contribution in [-0.4, -0.2) is 61.5 Å². The Morgan fingerprint density at radius 2 is 1.86 bits per heavy atom. The van der Waals surface area contributed by atoms with Crippen LogP contribution in [0.1, 0.15) is 52.4 Å². The maximum atomic E-state index is 13.0. The Morgan fingerprint density at radius 1 is 1.24 bits per heavy atom. The molecule has 2 aliphatic heterocycles. The van der Waals surface area contributed by atoms with Crippen molar-refractivity contribution < 1.29 is 4.79 Å². The fourth-order valence-electron chi connectivity index (χ4n) is 4.01. The molecule has 0 bridgehead atoms. The van der Waals surface area contributed by atoms with Gasteiger partial charge >= 0.3 is 0 Å². The zero-order chi connectivity index (χ0) is 15.3. The first-order valence-corrected chi connectivity index (χ1v) is 8.83. The van der Waals surface area contributed by atoms with Crippen LogP contribution in [0.3, 0.4) is 0 Å². The molecule has 2 fully saturated rings. The number of piperidine rings is 2. The second-order valence-electron chi connectivity index (χ2n) is 6.87. The molecular weight excluding hydrogens is 262 g/mol. The molecule has 2 aliphatic rings. The van der Waals surface area contributed by atoms with Crippen molar-refractivity contribution in [2.45, 2.75) is 58.4 Å². The number of hydrogen-bond donors (Lipinski definition) is 1. The summed E-state index contributed by atoms with van der Waals surface area (Å²) in [5.74, 6) is 0.403. The molecular formula is C17H33N3O. The Balaban J connectivity index is 1.93. The number of hydrogen-bond acceptors (Lipinski definition) is 3. The monoisotopic (exact) mass is 295 g/mol. The second kappa shape index (κ2) is 7.59. The summed E-state index contributed by atoms with van der Waals surface area (Å²) in [4.78, 5) is 17.7. The van der Waals surface area contributed by atoms with E-state index in [1.165, 1.54) is 13.0 Å². The second-order valence-corrected chi connectivity index (χ2v) is 6.87. The molecule has 2 saturated heterocycles. The first-order chi connectivity index (χ1) is 10.1. The van der Waals surface area contributed by atoms with E-state index in [0.29, 0.717) is 11.9 Å². The molecule has 0 saturated carbocycles. The summed E-state index contributed by atoms with van der Waals surface area (Å²) in [6, 6.07) is 0.448. The quantitative estimate of drug-likeness (QED) is 0.844. The Kier molecular flexibility index (Phi) is 6.06. The van der Waals surface area contributed by atoms with Crippen molar-refractivity contribution >= 4 is 5.91 Å². The number of rotatable bonds is 5. The highest BCUT2D eigenvalue weighted by Crippen LogP contribution is 2.35. The number of nitrogens with one attached hydrogen (secondary N) is 1. The van der Waals surface area contributed by atoms with Crippen molar-refractivity contribution in [1.29, 1.82) is 0 Å². The van der Waals surface area contributed by atoms with Crippen molar-refractivity contribution in [1.82, 2.24) is 15.1 Å². The van der Waals surface area contributed by atoms with Gasteiger partial charge in [-0.1, -0.05) is 13.8 Å². The van der Waals surface area contributed by atoms with Gasteiger partial charge in [-0.05, 0) is 58.2 Å². The third-order valence-electron chi connectivity index (χ3n) is 5.66. The molecule has 0 unspecified atom stereocenters. The van der Waals surface area contributed by atoms with Crippen molar-refractivity contribution in [3.8, 4) is 0 Å². The Hall–Kier alpha value is -0.610. The molecule has 1 amide bonds. The van der Waals surface area contributed by atoms with Crippen LogP contribution >= 0.6 is 0 Å². The smallest absolute Gasteiger partial charge is 0.228 e. The summed E-state index contributed by atoms with van der Waals surface area (Å²) in [6.45, 7) is 9.90. The molecule has 0 aromatic rings.